The van der Waals surface area contributed by atoms with Crippen molar-refractivity contribution in [3.05, 3.63) is 6.07 Å². The first-order valence-electron chi connectivity index (χ1n) is 2.89. The van der Waals surface area contributed by atoms with Crippen molar-refractivity contribution in [2.45, 2.75) is 0 Å². The first kappa shape index (κ1) is 7.33. The van der Waals surface area contributed by atoms with Crippen LogP contribution in [0, 0.1) is 0 Å². The molecule has 0 bridgehead atoms. The van der Waals surface area contributed by atoms with Crippen LogP contribution in [0.15, 0.2) is 6.07 Å². The lowest BCUT2D eigenvalue weighted by Gasteiger charge is -2.06. The molecule has 60 valence electrons. The number of hydrogen-bond acceptors (Lipinski definition) is 5. The standard InChI is InChI=1S/C6H9N3O2/c7-2-1-3(10)4(8)5(9)6(2)11/h1,10-11H,7-9H2. The van der Waals surface area contributed by atoms with Crippen molar-refractivity contribution in [3.8, 4) is 11.5 Å². The third-order valence-corrected chi connectivity index (χ3v) is 1.39. The average molecular weight is 155 g/mol. The van der Waals surface area contributed by atoms with Crippen molar-refractivity contribution in [1.29, 1.82) is 0 Å². The number of rotatable bonds is 0. The van der Waals surface area contributed by atoms with E-state index in [1.165, 1.54) is 0 Å². The zero-order chi connectivity index (χ0) is 8.59. The molecule has 1 aromatic rings. The maximum Gasteiger partial charge on any atom is 0.164 e. The summed E-state index contributed by atoms with van der Waals surface area (Å²) in [7, 11) is 0. The van der Waals surface area contributed by atoms with E-state index in [9.17, 15) is 0 Å². The lowest BCUT2D eigenvalue weighted by atomic mass is 10.2. The van der Waals surface area contributed by atoms with E-state index in [0.29, 0.717) is 0 Å². The molecule has 0 aliphatic carbocycles. The molecule has 5 nitrogen and oxygen atoms in total. The number of benzene rings is 1. The maximum absolute atomic E-state index is 9.07. The molecule has 1 aromatic carbocycles. The smallest absolute Gasteiger partial charge is 0.164 e. The summed E-state index contributed by atoms with van der Waals surface area (Å²) in [5.74, 6) is -0.516. The second-order valence-electron chi connectivity index (χ2n) is 2.16. The molecule has 0 spiro atoms. The van der Waals surface area contributed by atoms with Gasteiger partial charge in [0.25, 0.3) is 0 Å². The van der Waals surface area contributed by atoms with Gasteiger partial charge in [-0.1, -0.05) is 0 Å². The number of phenolic OH excluding ortho intramolecular Hbond substituents is 2. The van der Waals surface area contributed by atoms with E-state index in [2.05, 4.69) is 0 Å². The Balaban J connectivity index is 3.46. The van der Waals surface area contributed by atoms with Gasteiger partial charge in [0.1, 0.15) is 17.1 Å². The predicted molar refractivity (Wildman–Crippen MR) is 43.0 cm³/mol. The minimum absolute atomic E-state index is 0.00852. The molecule has 0 aliphatic heterocycles. The van der Waals surface area contributed by atoms with Crippen LogP contribution in [-0.4, -0.2) is 10.2 Å². The van der Waals surface area contributed by atoms with Gasteiger partial charge in [0, 0.05) is 6.07 Å². The lowest BCUT2D eigenvalue weighted by molar-refractivity contribution is 0.467. The van der Waals surface area contributed by atoms with Gasteiger partial charge in [-0.25, -0.2) is 0 Å². The molecule has 8 N–H and O–H groups in total. The molecule has 0 aromatic heterocycles. The molecule has 11 heavy (non-hydrogen) atoms. The van der Waals surface area contributed by atoms with Crippen LogP contribution in [0.4, 0.5) is 17.1 Å². The Labute approximate surface area is 63.0 Å². The fourth-order valence-electron chi connectivity index (χ4n) is 0.714. The minimum atomic E-state index is -0.291. The van der Waals surface area contributed by atoms with Crippen LogP contribution in [0.25, 0.3) is 0 Å². The first-order chi connectivity index (χ1) is 5.04. The largest absolute Gasteiger partial charge is 0.506 e. The number of nitrogens with two attached hydrogens (primary N) is 3. The Hall–Kier alpha value is -1.78. The summed E-state index contributed by atoms with van der Waals surface area (Å²) in [4.78, 5) is 0. The Morgan fingerprint density at radius 3 is 2.09 bits per heavy atom. The number of anilines is 3. The van der Waals surface area contributed by atoms with Crippen LogP contribution in [-0.2, 0) is 0 Å². The highest BCUT2D eigenvalue weighted by molar-refractivity contribution is 5.83. The molecular weight excluding hydrogens is 146 g/mol. The van der Waals surface area contributed by atoms with Gasteiger partial charge in [0.15, 0.2) is 5.75 Å². The minimum Gasteiger partial charge on any atom is -0.506 e. The van der Waals surface area contributed by atoms with E-state index < -0.39 is 0 Å². The second-order valence-corrected chi connectivity index (χ2v) is 2.16. The van der Waals surface area contributed by atoms with Crippen molar-refractivity contribution in [2.75, 3.05) is 17.2 Å². The van der Waals surface area contributed by atoms with Gasteiger partial charge in [-0.2, -0.15) is 0 Å². The SMILES string of the molecule is Nc1cc(O)c(N)c(N)c1O. The molecule has 0 unspecified atom stereocenters. The van der Waals surface area contributed by atoms with Gasteiger partial charge >= 0.3 is 0 Å². The Bertz CT molecular complexity index is 272. The van der Waals surface area contributed by atoms with Crippen LogP contribution in [0.1, 0.15) is 0 Å². The van der Waals surface area contributed by atoms with Crippen molar-refractivity contribution in [3.63, 3.8) is 0 Å². The Morgan fingerprint density at radius 1 is 1.00 bits per heavy atom. The highest BCUT2D eigenvalue weighted by atomic mass is 16.3. The molecule has 0 saturated carbocycles. The summed E-state index contributed by atoms with van der Waals surface area (Å²) < 4.78 is 0. The van der Waals surface area contributed by atoms with Crippen LogP contribution in [0.5, 0.6) is 11.5 Å². The van der Waals surface area contributed by atoms with Crippen molar-refractivity contribution in [1.82, 2.24) is 0 Å². The fraction of sp³-hybridized carbons (Fsp3) is 0. The van der Waals surface area contributed by atoms with Gasteiger partial charge in [-0.05, 0) is 0 Å². The topological polar surface area (TPSA) is 119 Å². The summed E-state index contributed by atoms with van der Waals surface area (Å²) in [5, 5.41) is 18.1. The number of hydrogen-bond donors (Lipinski definition) is 5. The molecule has 5 heteroatoms. The van der Waals surface area contributed by atoms with E-state index in [-0.39, 0.29) is 28.6 Å². The predicted octanol–water partition coefficient (Wildman–Crippen LogP) is -0.156. The van der Waals surface area contributed by atoms with Crippen LogP contribution >= 0.6 is 0 Å². The van der Waals surface area contributed by atoms with Gasteiger partial charge in [0.2, 0.25) is 0 Å². The van der Waals surface area contributed by atoms with E-state index in [4.69, 9.17) is 27.4 Å². The summed E-state index contributed by atoms with van der Waals surface area (Å²) in [6.45, 7) is 0. The molecule has 0 aliphatic rings. The zero-order valence-corrected chi connectivity index (χ0v) is 5.70. The van der Waals surface area contributed by atoms with Gasteiger partial charge in [0.05, 0.1) is 5.69 Å². The number of aromatic hydroxyl groups is 2. The maximum atomic E-state index is 9.07. The summed E-state index contributed by atoms with van der Waals surface area (Å²) in [6, 6.07) is 1.14. The summed E-state index contributed by atoms with van der Waals surface area (Å²) >= 11 is 0. The molecule has 0 heterocycles. The fourth-order valence-corrected chi connectivity index (χ4v) is 0.714. The molecule has 0 fully saturated rings. The van der Waals surface area contributed by atoms with Crippen LogP contribution < -0.4 is 17.2 Å². The first-order valence-corrected chi connectivity index (χ1v) is 2.89. The normalized spacial score (nSPS) is 9.82. The quantitative estimate of drug-likeness (QED) is 0.203. The third kappa shape index (κ3) is 0.958. The van der Waals surface area contributed by atoms with Crippen molar-refractivity contribution < 1.29 is 10.2 Å². The molecule has 0 amide bonds. The molecule has 0 radical (unpaired) electrons. The zero-order valence-electron chi connectivity index (χ0n) is 5.70. The summed E-state index contributed by atoms with van der Waals surface area (Å²) in [6.07, 6.45) is 0. The number of nitrogen functional groups attached to an aromatic ring is 3. The van der Waals surface area contributed by atoms with E-state index in [0.717, 1.165) is 6.07 Å². The third-order valence-electron chi connectivity index (χ3n) is 1.39. The van der Waals surface area contributed by atoms with Crippen LogP contribution in [0.3, 0.4) is 0 Å². The molecular formula is C6H9N3O2. The Morgan fingerprint density at radius 2 is 1.55 bits per heavy atom. The second kappa shape index (κ2) is 2.12. The van der Waals surface area contributed by atoms with E-state index >= 15 is 0 Å². The number of phenols is 2. The lowest BCUT2D eigenvalue weighted by Crippen LogP contribution is -1.98. The van der Waals surface area contributed by atoms with Gasteiger partial charge in [-0.3, -0.25) is 0 Å². The highest BCUT2D eigenvalue weighted by Gasteiger charge is 2.09. The highest BCUT2D eigenvalue weighted by Crippen LogP contribution is 2.38. The monoisotopic (exact) mass is 155 g/mol. The van der Waals surface area contributed by atoms with E-state index in [1.807, 2.05) is 0 Å². The molecule has 0 atom stereocenters. The van der Waals surface area contributed by atoms with Crippen molar-refractivity contribution >= 4 is 17.1 Å². The van der Waals surface area contributed by atoms with E-state index in [1.54, 1.807) is 0 Å². The van der Waals surface area contributed by atoms with Gasteiger partial charge < -0.3 is 27.4 Å². The van der Waals surface area contributed by atoms with Crippen molar-refractivity contribution in [2.24, 2.45) is 0 Å². The van der Waals surface area contributed by atoms with Crippen LogP contribution in [0.2, 0.25) is 0 Å². The Kier molecular flexibility index (Phi) is 1.41. The summed E-state index contributed by atoms with van der Waals surface area (Å²) in [5.41, 5.74) is 15.6. The van der Waals surface area contributed by atoms with Gasteiger partial charge in [-0.15, -0.1) is 0 Å². The molecule has 0 saturated heterocycles. The molecule has 1 rings (SSSR count). The average Bonchev–Trinajstić information content (AvgIpc) is 1.97.